The van der Waals surface area contributed by atoms with Gasteiger partial charge in [-0.3, -0.25) is 14.8 Å². The van der Waals surface area contributed by atoms with E-state index in [4.69, 9.17) is 0 Å². The van der Waals surface area contributed by atoms with Crippen LogP contribution < -0.4 is 0 Å². The third kappa shape index (κ3) is 0.859. The number of rotatable bonds is 0. The van der Waals surface area contributed by atoms with Gasteiger partial charge in [0.2, 0.25) is 0 Å². The van der Waals surface area contributed by atoms with Gasteiger partial charge in [0.1, 0.15) is 12.4 Å². The zero-order valence-corrected chi connectivity index (χ0v) is 6.37. The highest BCUT2D eigenvalue weighted by atomic mass is 16.2. The molecule has 0 aromatic rings. The highest BCUT2D eigenvalue weighted by molar-refractivity contribution is 6.68. The van der Waals surface area contributed by atoms with Gasteiger partial charge < -0.3 is 4.90 Å². The van der Waals surface area contributed by atoms with Gasteiger partial charge in [-0.2, -0.15) is 0 Å². The number of hydrogen-bond acceptors (Lipinski definition) is 3. The fraction of sp³-hybridized carbons (Fsp3) is 0.571. The summed E-state index contributed by atoms with van der Waals surface area (Å²) in [5.41, 5.74) is 1.48. The van der Waals surface area contributed by atoms with Crippen LogP contribution in [0.3, 0.4) is 0 Å². The first-order chi connectivity index (χ1) is 5.29. The van der Waals surface area contributed by atoms with Crippen LogP contribution in [0.1, 0.15) is 6.42 Å². The summed E-state index contributed by atoms with van der Waals surface area (Å²) in [4.78, 5) is 21.1. The summed E-state index contributed by atoms with van der Waals surface area (Å²) < 4.78 is 0. The minimum Gasteiger partial charge on any atom is -0.340 e. The van der Waals surface area contributed by atoms with Gasteiger partial charge in [-0.05, 0) is 0 Å². The Hall–Kier alpha value is -1.19. The van der Waals surface area contributed by atoms with Crippen molar-refractivity contribution >= 4 is 17.3 Å². The fourth-order valence-electron chi connectivity index (χ4n) is 1.30. The molecule has 2 aliphatic heterocycles. The van der Waals surface area contributed by atoms with Gasteiger partial charge in [0, 0.05) is 20.0 Å². The first-order valence-electron chi connectivity index (χ1n) is 3.62. The molecule has 0 unspecified atom stereocenters. The molecule has 0 bridgehead atoms. The third-order valence-electron chi connectivity index (χ3n) is 2.00. The van der Waals surface area contributed by atoms with Crippen molar-refractivity contribution in [2.24, 2.45) is 9.98 Å². The number of hydrogen-bond donors (Lipinski definition) is 0. The maximum atomic E-state index is 11.3. The molecule has 0 aromatic carbocycles. The molecule has 4 heteroatoms. The molecular weight excluding hydrogens is 142 g/mol. The molecule has 2 rings (SSSR count). The van der Waals surface area contributed by atoms with Crippen LogP contribution in [0.4, 0.5) is 0 Å². The average Bonchev–Trinajstić information content (AvgIpc) is 2.45. The molecule has 0 radical (unpaired) electrons. The molecule has 1 amide bonds. The van der Waals surface area contributed by atoms with Crippen molar-refractivity contribution in [2.75, 3.05) is 20.3 Å². The SMILES string of the molecule is CN1CCC2=NCN=C2C1=O. The van der Waals surface area contributed by atoms with Crippen LogP contribution in [0.15, 0.2) is 9.98 Å². The van der Waals surface area contributed by atoms with Gasteiger partial charge >= 0.3 is 0 Å². The second kappa shape index (κ2) is 2.15. The summed E-state index contributed by atoms with van der Waals surface area (Å²) in [7, 11) is 1.79. The van der Waals surface area contributed by atoms with Gasteiger partial charge in [-0.25, -0.2) is 0 Å². The first kappa shape index (κ1) is 6.52. The summed E-state index contributed by atoms with van der Waals surface area (Å²) in [6.07, 6.45) is 0.862. The Morgan fingerprint density at radius 3 is 3.09 bits per heavy atom. The number of likely N-dealkylation sites (tertiary alicyclic amines) is 1. The number of carbonyl (C=O) groups excluding carboxylic acids is 1. The highest BCUT2D eigenvalue weighted by Gasteiger charge is 2.28. The molecular formula is C7H9N3O. The minimum absolute atomic E-state index is 0.0208. The topological polar surface area (TPSA) is 45.0 Å². The van der Waals surface area contributed by atoms with Crippen molar-refractivity contribution in [1.29, 1.82) is 0 Å². The van der Waals surface area contributed by atoms with Crippen molar-refractivity contribution in [3.05, 3.63) is 0 Å². The smallest absolute Gasteiger partial charge is 0.273 e. The summed E-state index contributed by atoms with van der Waals surface area (Å²) in [5.74, 6) is 0.0208. The third-order valence-corrected chi connectivity index (χ3v) is 2.00. The van der Waals surface area contributed by atoms with E-state index in [0.717, 1.165) is 18.7 Å². The normalized spacial score (nSPS) is 23.0. The van der Waals surface area contributed by atoms with Crippen LogP contribution >= 0.6 is 0 Å². The van der Waals surface area contributed by atoms with Gasteiger partial charge in [-0.15, -0.1) is 0 Å². The van der Waals surface area contributed by atoms with Crippen LogP contribution in [0.5, 0.6) is 0 Å². The Kier molecular flexibility index (Phi) is 1.27. The van der Waals surface area contributed by atoms with E-state index in [0.29, 0.717) is 12.4 Å². The lowest BCUT2D eigenvalue weighted by atomic mass is 10.1. The molecule has 0 spiro atoms. The molecule has 0 aliphatic carbocycles. The lowest BCUT2D eigenvalue weighted by Gasteiger charge is -2.22. The predicted octanol–water partition coefficient (Wildman–Crippen LogP) is -0.298. The molecule has 0 atom stereocenters. The zero-order chi connectivity index (χ0) is 7.84. The number of nitrogens with zero attached hydrogens (tertiary/aromatic N) is 3. The molecule has 58 valence electrons. The quantitative estimate of drug-likeness (QED) is 0.469. The lowest BCUT2D eigenvalue weighted by molar-refractivity contribution is -0.122. The Labute approximate surface area is 64.6 Å². The molecule has 2 heterocycles. The predicted molar refractivity (Wildman–Crippen MR) is 42.0 cm³/mol. The fourth-order valence-corrected chi connectivity index (χ4v) is 1.30. The van der Waals surface area contributed by atoms with Crippen molar-refractivity contribution in [3.8, 4) is 0 Å². The molecule has 0 saturated carbocycles. The molecule has 11 heavy (non-hydrogen) atoms. The van der Waals surface area contributed by atoms with E-state index in [9.17, 15) is 4.79 Å². The average molecular weight is 151 g/mol. The number of amides is 1. The summed E-state index contributed by atoms with van der Waals surface area (Å²) in [5, 5.41) is 0. The van der Waals surface area contributed by atoms with Gasteiger partial charge in [0.25, 0.3) is 5.91 Å². The molecule has 0 aromatic heterocycles. The Morgan fingerprint density at radius 1 is 1.45 bits per heavy atom. The first-order valence-corrected chi connectivity index (χ1v) is 3.62. The maximum absolute atomic E-state index is 11.3. The van der Waals surface area contributed by atoms with Crippen LogP contribution in [-0.4, -0.2) is 42.5 Å². The second-order valence-electron chi connectivity index (χ2n) is 2.73. The summed E-state index contributed by atoms with van der Waals surface area (Å²) >= 11 is 0. The monoisotopic (exact) mass is 151 g/mol. The van der Waals surface area contributed by atoms with Crippen LogP contribution in [0, 0.1) is 0 Å². The number of carbonyl (C=O) groups is 1. The molecule has 0 N–H and O–H groups in total. The van der Waals surface area contributed by atoms with E-state index in [1.54, 1.807) is 11.9 Å². The second-order valence-corrected chi connectivity index (χ2v) is 2.73. The number of piperidine rings is 1. The van der Waals surface area contributed by atoms with Gasteiger partial charge in [0.05, 0.1) is 5.71 Å². The van der Waals surface area contributed by atoms with E-state index >= 15 is 0 Å². The zero-order valence-electron chi connectivity index (χ0n) is 6.37. The molecule has 2 aliphatic rings. The minimum atomic E-state index is 0.0208. The van der Waals surface area contributed by atoms with Gasteiger partial charge in [0.15, 0.2) is 0 Å². The van der Waals surface area contributed by atoms with E-state index in [2.05, 4.69) is 9.98 Å². The molecule has 4 nitrogen and oxygen atoms in total. The Balaban J connectivity index is 2.33. The van der Waals surface area contributed by atoms with Gasteiger partial charge in [-0.1, -0.05) is 0 Å². The van der Waals surface area contributed by atoms with E-state index < -0.39 is 0 Å². The molecule has 1 fully saturated rings. The summed E-state index contributed by atoms with van der Waals surface area (Å²) in [6.45, 7) is 1.22. The largest absolute Gasteiger partial charge is 0.340 e. The van der Waals surface area contributed by atoms with Crippen LogP contribution in [-0.2, 0) is 4.79 Å². The molecule has 1 saturated heterocycles. The van der Waals surface area contributed by atoms with E-state index in [-0.39, 0.29) is 5.91 Å². The number of aliphatic imine (C=N–C) groups is 2. The van der Waals surface area contributed by atoms with Crippen LogP contribution in [0.2, 0.25) is 0 Å². The summed E-state index contributed by atoms with van der Waals surface area (Å²) in [6, 6.07) is 0. The standard InChI is InChI=1S/C7H9N3O/c1-10-3-2-5-6(7(10)11)9-4-8-5/h2-4H2,1H3. The lowest BCUT2D eigenvalue weighted by Crippen LogP contribution is -2.43. The van der Waals surface area contributed by atoms with Crippen molar-refractivity contribution in [1.82, 2.24) is 4.90 Å². The van der Waals surface area contributed by atoms with E-state index in [1.165, 1.54) is 0 Å². The van der Waals surface area contributed by atoms with Crippen molar-refractivity contribution in [2.45, 2.75) is 6.42 Å². The Bertz CT molecular complexity index is 267. The van der Waals surface area contributed by atoms with Crippen molar-refractivity contribution in [3.63, 3.8) is 0 Å². The van der Waals surface area contributed by atoms with E-state index in [1.807, 2.05) is 0 Å². The van der Waals surface area contributed by atoms with Crippen LogP contribution in [0.25, 0.3) is 0 Å². The van der Waals surface area contributed by atoms with Crippen molar-refractivity contribution < 1.29 is 4.79 Å². The Morgan fingerprint density at radius 2 is 2.27 bits per heavy atom. The highest BCUT2D eigenvalue weighted by Crippen LogP contribution is 2.09. The number of fused-ring (bicyclic) bond motifs is 1. The maximum Gasteiger partial charge on any atom is 0.273 e.